The Balaban J connectivity index is 1.38. The topological polar surface area (TPSA) is 50.4 Å². The fourth-order valence-corrected chi connectivity index (χ4v) is 2.53. The number of rotatable bonds is 9. The Morgan fingerprint density at radius 3 is 2.89 bits per heavy atom. The third-order valence-corrected chi connectivity index (χ3v) is 4.02. The number of amides is 1. The second-order valence-electron chi connectivity index (χ2n) is 5.97. The Bertz CT molecular complexity index is 261. The van der Waals surface area contributed by atoms with Crippen LogP contribution >= 0.6 is 0 Å². The third kappa shape index (κ3) is 6.92. The van der Waals surface area contributed by atoms with E-state index < -0.39 is 0 Å². The van der Waals surface area contributed by atoms with Gasteiger partial charge in [-0.15, -0.1) is 0 Å². The molecule has 0 aromatic carbocycles. The first kappa shape index (κ1) is 14.8. The normalized spacial score (nSPS) is 23.3. The van der Waals surface area contributed by atoms with Crippen molar-refractivity contribution in [3.63, 3.8) is 0 Å². The highest BCUT2D eigenvalue weighted by Gasteiger charge is 2.20. The lowest BCUT2D eigenvalue weighted by Gasteiger charge is -2.22. The summed E-state index contributed by atoms with van der Waals surface area (Å²) in [5.74, 6) is 1.73. The van der Waals surface area contributed by atoms with E-state index in [4.69, 9.17) is 4.74 Å². The number of hydrogen-bond donors (Lipinski definition) is 2. The first-order valence-corrected chi connectivity index (χ1v) is 7.90. The van der Waals surface area contributed by atoms with Crippen molar-refractivity contribution in [1.29, 1.82) is 0 Å². The van der Waals surface area contributed by atoms with Gasteiger partial charge in [0, 0.05) is 26.2 Å². The number of ether oxygens (including phenoxy) is 1. The monoisotopic (exact) mass is 268 g/mol. The molecule has 2 N–H and O–H groups in total. The number of hydrogen-bond acceptors (Lipinski definition) is 3. The summed E-state index contributed by atoms with van der Waals surface area (Å²) < 4.78 is 5.53. The number of carbonyl (C=O) groups is 1. The van der Waals surface area contributed by atoms with Crippen molar-refractivity contribution in [2.24, 2.45) is 11.8 Å². The largest absolute Gasteiger partial charge is 0.381 e. The van der Waals surface area contributed by atoms with Gasteiger partial charge in [-0.3, -0.25) is 4.79 Å². The minimum atomic E-state index is 0.202. The van der Waals surface area contributed by atoms with Crippen LogP contribution in [-0.4, -0.2) is 38.8 Å². The van der Waals surface area contributed by atoms with E-state index in [1.165, 1.54) is 25.7 Å². The number of nitrogens with one attached hydrogen (secondary N) is 2. The zero-order valence-electron chi connectivity index (χ0n) is 12.0. The van der Waals surface area contributed by atoms with Gasteiger partial charge in [-0.25, -0.2) is 0 Å². The maximum Gasteiger partial charge on any atom is 0.220 e. The van der Waals surface area contributed by atoms with Gasteiger partial charge in [-0.05, 0) is 63.5 Å². The predicted octanol–water partition coefficient (Wildman–Crippen LogP) is 1.70. The Hall–Kier alpha value is -0.610. The van der Waals surface area contributed by atoms with Crippen LogP contribution in [0.15, 0.2) is 0 Å². The Labute approximate surface area is 116 Å². The number of piperidine rings is 1. The van der Waals surface area contributed by atoms with Crippen LogP contribution in [0.1, 0.15) is 44.9 Å². The molecule has 1 unspecified atom stereocenters. The summed E-state index contributed by atoms with van der Waals surface area (Å²) in [7, 11) is 0. The second-order valence-corrected chi connectivity index (χ2v) is 5.97. The van der Waals surface area contributed by atoms with Gasteiger partial charge in [0.05, 0.1) is 0 Å². The summed E-state index contributed by atoms with van der Waals surface area (Å²) in [6.45, 7) is 4.68. The van der Waals surface area contributed by atoms with Crippen LogP contribution < -0.4 is 10.6 Å². The second kappa shape index (κ2) is 8.54. The van der Waals surface area contributed by atoms with E-state index in [0.717, 1.165) is 51.6 Å². The van der Waals surface area contributed by atoms with Crippen molar-refractivity contribution in [3.8, 4) is 0 Å². The standard InChI is InChI=1S/C15H28N2O2/c18-15(7-6-13-3-1-8-16-11-13)17-9-2-10-19-12-14-4-5-14/h13-14,16H,1-12H2,(H,17,18). The Morgan fingerprint density at radius 2 is 2.16 bits per heavy atom. The average Bonchev–Trinajstić information content (AvgIpc) is 3.26. The summed E-state index contributed by atoms with van der Waals surface area (Å²) in [6, 6.07) is 0. The first-order valence-electron chi connectivity index (χ1n) is 7.90. The van der Waals surface area contributed by atoms with Gasteiger partial charge < -0.3 is 15.4 Å². The van der Waals surface area contributed by atoms with E-state index in [-0.39, 0.29) is 5.91 Å². The fourth-order valence-electron chi connectivity index (χ4n) is 2.53. The molecule has 1 atom stereocenters. The van der Waals surface area contributed by atoms with Crippen molar-refractivity contribution in [2.75, 3.05) is 32.8 Å². The van der Waals surface area contributed by atoms with Crippen LogP contribution in [0.3, 0.4) is 0 Å². The van der Waals surface area contributed by atoms with Crippen molar-refractivity contribution >= 4 is 5.91 Å². The molecule has 2 aliphatic rings. The van der Waals surface area contributed by atoms with E-state index in [2.05, 4.69) is 10.6 Å². The molecule has 1 amide bonds. The van der Waals surface area contributed by atoms with Gasteiger partial charge in [-0.2, -0.15) is 0 Å². The SMILES string of the molecule is O=C(CCC1CCCNC1)NCCCOCC1CC1. The van der Waals surface area contributed by atoms with Gasteiger partial charge in [0.2, 0.25) is 5.91 Å². The van der Waals surface area contributed by atoms with Crippen molar-refractivity contribution in [1.82, 2.24) is 10.6 Å². The molecular weight excluding hydrogens is 240 g/mol. The summed E-state index contributed by atoms with van der Waals surface area (Å²) in [6.07, 6.45) is 7.84. The Morgan fingerprint density at radius 1 is 1.26 bits per heavy atom. The van der Waals surface area contributed by atoms with Gasteiger partial charge in [-0.1, -0.05) is 0 Å². The molecule has 0 aromatic heterocycles. The van der Waals surface area contributed by atoms with Crippen LogP contribution in [0, 0.1) is 11.8 Å². The molecule has 19 heavy (non-hydrogen) atoms. The van der Waals surface area contributed by atoms with Crippen molar-refractivity contribution in [3.05, 3.63) is 0 Å². The highest BCUT2D eigenvalue weighted by atomic mass is 16.5. The predicted molar refractivity (Wildman–Crippen MR) is 76.0 cm³/mol. The van der Waals surface area contributed by atoms with E-state index >= 15 is 0 Å². The lowest BCUT2D eigenvalue weighted by molar-refractivity contribution is -0.121. The van der Waals surface area contributed by atoms with Crippen LogP contribution in [0.25, 0.3) is 0 Å². The van der Waals surface area contributed by atoms with E-state index in [1.807, 2.05) is 0 Å². The maximum absolute atomic E-state index is 11.7. The fraction of sp³-hybridized carbons (Fsp3) is 0.933. The highest BCUT2D eigenvalue weighted by Crippen LogP contribution is 2.28. The quantitative estimate of drug-likeness (QED) is 0.626. The van der Waals surface area contributed by atoms with Crippen LogP contribution in [0.5, 0.6) is 0 Å². The molecule has 1 aliphatic heterocycles. The summed E-state index contributed by atoms with van der Waals surface area (Å²) in [4.78, 5) is 11.7. The maximum atomic E-state index is 11.7. The van der Waals surface area contributed by atoms with Gasteiger partial charge >= 0.3 is 0 Å². The van der Waals surface area contributed by atoms with E-state index in [9.17, 15) is 4.79 Å². The molecule has 2 rings (SSSR count). The molecule has 4 heteroatoms. The van der Waals surface area contributed by atoms with Gasteiger partial charge in [0.25, 0.3) is 0 Å². The zero-order chi connectivity index (χ0) is 13.3. The smallest absolute Gasteiger partial charge is 0.220 e. The van der Waals surface area contributed by atoms with Gasteiger partial charge in [0.1, 0.15) is 0 Å². The molecule has 0 radical (unpaired) electrons. The summed E-state index contributed by atoms with van der Waals surface area (Å²) >= 11 is 0. The molecule has 0 spiro atoms. The lowest BCUT2D eigenvalue weighted by Crippen LogP contribution is -2.31. The molecule has 0 bridgehead atoms. The molecule has 1 saturated carbocycles. The van der Waals surface area contributed by atoms with Crippen molar-refractivity contribution in [2.45, 2.75) is 44.9 Å². The van der Waals surface area contributed by atoms with Crippen LogP contribution in [-0.2, 0) is 9.53 Å². The minimum absolute atomic E-state index is 0.202. The molecule has 110 valence electrons. The average molecular weight is 268 g/mol. The Kier molecular flexibility index (Phi) is 6.65. The lowest BCUT2D eigenvalue weighted by atomic mass is 9.94. The van der Waals surface area contributed by atoms with E-state index in [1.54, 1.807) is 0 Å². The molecule has 1 saturated heterocycles. The van der Waals surface area contributed by atoms with E-state index in [0.29, 0.717) is 12.3 Å². The first-order chi connectivity index (χ1) is 9.34. The molecule has 4 nitrogen and oxygen atoms in total. The number of carbonyl (C=O) groups excluding carboxylic acids is 1. The molecule has 1 heterocycles. The summed E-state index contributed by atoms with van der Waals surface area (Å²) in [5.41, 5.74) is 0. The van der Waals surface area contributed by atoms with Crippen LogP contribution in [0.2, 0.25) is 0 Å². The van der Waals surface area contributed by atoms with Crippen molar-refractivity contribution < 1.29 is 9.53 Å². The molecule has 0 aromatic rings. The molecule has 1 aliphatic carbocycles. The minimum Gasteiger partial charge on any atom is -0.381 e. The highest BCUT2D eigenvalue weighted by molar-refractivity contribution is 5.75. The van der Waals surface area contributed by atoms with Gasteiger partial charge in [0.15, 0.2) is 0 Å². The zero-order valence-corrected chi connectivity index (χ0v) is 12.0. The third-order valence-electron chi connectivity index (χ3n) is 4.02. The summed E-state index contributed by atoms with van der Waals surface area (Å²) in [5, 5.41) is 6.38. The molecule has 2 fully saturated rings. The van der Waals surface area contributed by atoms with Crippen LogP contribution in [0.4, 0.5) is 0 Å². The molecular formula is C15H28N2O2.